The van der Waals surface area contributed by atoms with Gasteiger partial charge in [0.05, 0.1) is 23.4 Å². The van der Waals surface area contributed by atoms with Crippen LogP contribution in [0.25, 0.3) is 16.8 Å². The van der Waals surface area contributed by atoms with Crippen LogP contribution in [0.5, 0.6) is 0 Å². The van der Waals surface area contributed by atoms with E-state index in [1.54, 1.807) is 29.8 Å². The highest BCUT2D eigenvalue weighted by Crippen LogP contribution is 2.22. The molecule has 0 unspecified atom stereocenters. The predicted molar refractivity (Wildman–Crippen MR) is 81.6 cm³/mol. The largest absolute Gasteiger partial charge is 0.462 e. The lowest BCUT2D eigenvalue weighted by atomic mass is 10.1. The van der Waals surface area contributed by atoms with Gasteiger partial charge >= 0.3 is 5.97 Å². The predicted octanol–water partition coefficient (Wildman–Crippen LogP) is 3.83. The zero-order chi connectivity index (χ0) is 14.8. The lowest BCUT2D eigenvalue weighted by Gasteiger charge is -2.01. The molecule has 3 rings (SSSR count). The number of carbonyl (C=O) groups is 1. The average Bonchev–Trinajstić information content (AvgIpc) is 2.91. The molecule has 1 aromatic carbocycles. The van der Waals surface area contributed by atoms with Gasteiger partial charge in [-0.25, -0.2) is 9.31 Å². The van der Waals surface area contributed by atoms with E-state index in [4.69, 9.17) is 16.3 Å². The van der Waals surface area contributed by atoms with Gasteiger partial charge in [0.15, 0.2) is 0 Å². The Kier molecular flexibility index (Phi) is 3.62. The number of benzene rings is 1. The van der Waals surface area contributed by atoms with Gasteiger partial charge in [0.25, 0.3) is 0 Å². The summed E-state index contributed by atoms with van der Waals surface area (Å²) in [4.78, 5) is 11.7. The first-order valence-electron chi connectivity index (χ1n) is 6.60. The van der Waals surface area contributed by atoms with Crippen molar-refractivity contribution < 1.29 is 9.53 Å². The van der Waals surface area contributed by atoms with Gasteiger partial charge in [0.2, 0.25) is 0 Å². The Morgan fingerprint density at radius 2 is 2.00 bits per heavy atom. The molecule has 5 heteroatoms. The van der Waals surface area contributed by atoms with E-state index in [-0.39, 0.29) is 5.97 Å². The topological polar surface area (TPSA) is 43.6 Å². The number of nitrogens with zero attached hydrogens (tertiary/aromatic N) is 2. The van der Waals surface area contributed by atoms with E-state index in [9.17, 15) is 4.79 Å². The molecule has 0 aliphatic heterocycles. The second kappa shape index (κ2) is 5.58. The van der Waals surface area contributed by atoms with Crippen molar-refractivity contribution in [2.75, 3.05) is 6.61 Å². The summed E-state index contributed by atoms with van der Waals surface area (Å²) in [5.41, 5.74) is 3.16. The Bertz CT molecular complexity index is 794. The van der Waals surface area contributed by atoms with Crippen molar-refractivity contribution in [2.45, 2.75) is 6.92 Å². The first-order valence-corrected chi connectivity index (χ1v) is 6.97. The number of ether oxygens (including phenoxy) is 1. The molecule has 0 aliphatic rings. The van der Waals surface area contributed by atoms with Crippen molar-refractivity contribution in [3.8, 4) is 11.3 Å². The number of fused-ring (bicyclic) bond motifs is 1. The maximum absolute atomic E-state index is 11.7. The first kappa shape index (κ1) is 13.6. The standard InChI is InChI=1S/C16H13ClN2O2/c1-2-21-16(20)12-7-8-19-14(9-12)10-15(18-19)11-3-5-13(17)6-4-11/h3-10H,2H2,1H3. The molecule has 4 nitrogen and oxygen atoms in total. The summed E-state index contributed by atoms with van der Waals surface area (Å²) in [6, 6.07) is 12.9. The Morgan fingerprint density at radius 1 is 1.24 bits per heavy atom. The van der Waals surface area contributed by atoms with Crippen LogP contribution in [0.3, 0.4) is 0 Å². The molecule has 106 valence electrons. The normalized spacial score (nSPS) is 10.8. The molecule has 0 bridgehead atoms. The number of aromatic nitrogens is 2. The number of carbonyl (C=O) groups excluding carboxylic acids is 1. The zero-order valence-electron chi connectivity index (χ0n) is 11.4. The van der Waals surface area contributed by atoms with Crippen molar-refractivity contribution in [3.63, 3.8) is 0 Å². The van der Waals surface area contributed by atoms with Crippen molar-refractivity contribution in [1.29, 1.82) is 0 Å². The van der Waals surface area contributed by atoms with Crippen LogP contribution in [-0.2, 0) is 4.74 Å². The maximum Gasteiger partial charge on any atom is 0.338 e. The van der Waals surface area contributed by atoms with E-state index in [2.05, 4.69) is 5.10 Å². The highest BCUT2D eigenvalue weighted by atomic mass is 35.5. The van der Waals surface area contributed by atoms with E-state index in [1.165, 1.54) is 0 Å². The van der Waals surface area contributed by atoms with Crippen LogP contribution >= 0.6 is 11.6 Å². The fourth-order valence-corrected chi connectivity index (χ4v) is 2.22. The minimum absolute atomic E-state index is 0.325. The van der Waals surface area contributed by atoms with Gasteiger partial charge in [-0.3, -0.25) is 0 Å². The van der Waals surface area contributed by atoms with Crippen LogP contribution in [0.2, 0.25) is 5.02 Å². The molecule has 21 heavy (non-hydrogen) atoms. The van der Waals surface area contributed by atoms with Crippen molar-refractivity contribution in [1.82, 2.24) is 9.61 Å². The van der Waals surface area contributed by atoms with Crippen molar-refractivity contribution in [3.05, 3.63) is 59.2 Å². The fourth-order valence-electron chi connectivity index (χ4n) is 2.10. The highest BCUT2D eigenvalue weighted by Gasteiger charge is 2.09. The molecule has 0 saturated carbocycles. The van der Waals surface area contributed by atoms with E-state index in [0.717, 1.165) is 16.8 Å². The molecule has 0 amide bonds. The van der Waals surface area contributed by atoms with Gasteiger partial charge < -0.3 is 4.74 Å². The third kappa shape index (κ3) is 2.76. The van der Waals surface area contributed by atoms with Gasteiger partial charge in [-0.1, -0.05) is 23.7 Å². The smallest absolute Gasteiger partial charge is 0.338 e. The molecule has 0 saturated heterocycles. The Hall–Kier alpha value is -2.33. The van der Waals surface area contributed by atoms with Crippen LogP contribution in [0.15, 0.2) is 48.7 Å². The van der Waals surface area contributed by atoms with Gasteiger partial charge in [-0.05, 0) is 37.3 Å². The Balaban J connectivity index is 2.00. The first-order chi connectivity index (χ1) is 10.2. The van der Waals surface area contributed by atoms with Crippen LogP contribution in [0.1, 0.15) is 17.3 Å². The number of hydrogen-bond donors (Lipinski definition) is 0. The van der Waals surface area contributed by atoms with Crippen molar-refractivity contribution >= 4 is 23.1 Å². The molecule has 3 aromatic rings. The van der Waals surface area contributed by atoms with Crippen LogP contribution in [0, 0.1) is 0 Å². The van der Waals surface area contributed by atoms with E-state index in [0.29, 0.717) is 17.2 Å². The zero-order valence-corrected chi connectivity index (χ0v) is 12.2. The molecule has 0 spiro atoms. The molecule has 2 heterocycles. The van der Waals surface area contributed by atoms with Crippen LogP contribution in [0.4, 0.5) is 0 Å². The molecule has 0 aliphatic carbocycles. The summed E-state index contributed by atoms with van der Waals surface area (Å²) in [7, 11) is 0. The average molecular weight is 301 g/mol. The van der Waals surface area contributed by atoms with Gasteiger partial charge in [0.1, 0.15) is 0 Å². The van der Waals surface area contributed by atoms with E-state index < -0.39 is 0 Å². The van der Waals surface area contributed by atoms with Crippen LogP contribution < -0.4 is 0 Å². The van der Waals surface area contributed by atoms with E-state index in [1.807, 2.05) is 30.3 Å². The van der Waals surface area contributed by atoms with Gasteiger partial charge in [-0.15, -0.1) is 0 Å². The lowest BCUT2D eigenvalue weighted by molar-refractivity contribution is 0.0526. The number of esters is 1. The number of hydrogen-bond acceptors (Lipinski definition) is 3. The molecule has 0 N–H and O–H groups in total. The third-order valence-electron chi connectivity index (χ3n) is 3.11. The third-order valence-corrected chi connectivity index (χ3v) is 3.37. The molecular formula is C16H13ClN2O2. The summed E-state index contributed by atoms with van der Waals surface area (Å²) in [6.45, 7) is 2.15. The molecule has 0 fully saturated rings. The number of rotatable bonds is 3. The minimum Gasteiger partial charge on any atom is -0.462 e. The van der Waals surface area contributed by atoms with Crippen molar-refractivity contribution in [2.24, 2.45) is 0 Å². The summed E-state index contributed by atoms with van der Waals surface area (Å²) in [5, 5.41) is 5.17. The quantitative estimate of drug-likeness (QED) is 0.690. The Morgan fingerprint density at radius 3 is 2.71 bits per heavy atom. The second-order valence-electron chi connectivity index (χ2n) is 4.54. The molecule has 0 atom stereocenters. The highest BCUT2D eigenvalue weighted by molar-refractivity contribution is 6.30. The number of halogens is 1. The summed E-state index contributed by atoms with van der Waals surface area (Å²) < 4.78 is 6.73. The molecular weight excluding hydrogens is 288 g/mol. The summed E-state index contributed by atoms with van der Waals surface area (Å²) in [6.07, 6.45) is 1.75. The minimum atomic E-state index is -0.325. The Labute approximate surface area is 126 Å². The number of pyridine rings is 1. The lowest BCUT2D eigenvalue weighted by Crippen LogP contribution is -2.05. The molecule has 0 radical (unpaired) electrons. The SMILES string of the molecule is CCOC(=O)c1ccn2nc(-c3ccc(Cl)cc3)cc2c1. The summed E-state index contributed by atoms with van der Waals surface area (Å²) >= 11 is 5.89. The van der Waals surface area contributed by atoms with E-state index >= 15 is 0 Å². The fraction of sp³-hybridized carbons (Fsp3) is 0.125. The van der Waals surface area contributed by atoms with Crippen LogP contribution in [-0.4, -0.2) is 22.2 Å². The summed E-state index contributed by atoms with van der Waals surface area (Å²) in [5.74, 6) is -0.325. The monoisotopic (exact) mass is 300 g/mol. The second-order valence-corrected chi connectivity index (χ2v) is 4.98. The van der Waals surface area contributed by atoms with Gasteiger partial charge in [-0.2, -0.15) is 5.10 Å². The van der Waals surface area contributed by atoms with Gasteiger partial charge in [0, 0.05) is 16.8 Å². The molecule has 2 aromatic heterocycles. The maximum atomic E-state index is 11.7.